The van der Waals surface area contributed by atoms with Gasteiger partial charge in [0.15, 0.2) is 0 Å². The van der Waals surface area contributed by atoms with E-state index in [9.17, 15) is 18.0 Å². The average molecular weight is 419 g/mol. The molecule has 0 unspecified atom stereocenters. The van der Waals surface area contributed by atoms with Crippen LogP contribution < -0.4 is 0 Å². The zero-order chi connectivity index (χ0) is 20.9. The minimum atomic E-state index is -0.683. The number of hydrogen-bond donors (Lipinski definition) is 0. The topological polar surface area (TPSA) is 38.1 Å². The lowest BCUT2D eigenvalue weighted by Gasteiger charge is -2.33. The Hall–Kier alpha value is -2.80. The van der Waals surface area contributed by atoms with E-state index in [0.717, 1.165) is 11.6 Å². The van der Waals surface area contributed by atoms with Crippen molar-refractivity contribution >= 4 is 17.5 Å². The predicted octanol–water partition coefficient (Wildman–Crippen LogP) is 4.92. The number of carbonyl (C=O) groups is 1. The first-order chi connectivity index (χ1) is 13.8. The van der Waals surface area contributed by atoms with Crippen molar-refractivity contribution in [3.63, 3.8) is 0 Å². The van der Waals surface area contributed by atoms with E-state index >= 15 is 0 Å². The van der Waals surface area contributed by atoms with Crippen LogP contribution >= 0.6 is 11.6 Å². The van der Waals surface area contributed by atoms with Crippen molar-refractivity contribution in [3.05, 3.63) is 75.7 Å². The number of aromatic nitrogens is 2. The SMILES string of the molecule is C[C@H]1c2nn(C)c(-c3cc(F)cc(F)c3)c2CCN1C(=O)c1c([18F])cccc1Cl. The van der Waals surface area contributed by atoms with Crippen LogP contribution in [0.2, 0.25) is 5.02 Å². The van der Waals surface area contributed by atoms with Gasteiger partial charge >= 0.3 is 0 Å². The minimum absolute atomic E-state index is 0.0462. The summed E-state index contributed by atoms with van der Waals surface area (Å²) in [5, 5.41) is 4.54. The van der Waals surface area contributed by atoms with Gasteiger partial charge in [0.2, 0.25) is 0 Å². The van der Waals surface area contributed by atoms with E-state index in [1.807, 2.05) is 0 Å². The molecule has 2 heterocycles. The van der Waals surface area contributed by atoms with Crippen LogP contribution in [0, 0.1) is 17.5 Å². The molecule has 0 N–H and O–H groups in total. The van der Waals surface area contributed by atoms with Crippen LogP contribution in [0.4, 0.5) is 13.2 Å². The molecule has 1 aromatic heterocycles. The lowest BCUT2D eigenvalue weighted by Crippen LogP contribution is -2.39. The molecule has 29 heavy (non-hydrogen) atoms. The molecule has 1 aliphatic heterocycles. The molecule has 0 spiro atoms. The Bertz CT molecular complexity index is 1090. The van der Waals surface area contributed by atoms with E-state index in [2.05, 4.69) is 5.10 Å². The quantitative estimate of drug-likeness (QED) is 0.592. The van der Waals surface area contributed by atoms with Gasteiger partial charge in [0.1, 0.15) is 17.5 Å². The van der Waals surface area contributed by atoms with Gasteiger partial charge in [0.25, 0.3) is 5.91 Å². The molecule has 0 fully saturated rings. The molecule has 0 aliphatic carbocycles. The van der Waals surface area contributed by atoms with E-state index in [4.69, 9.17) is 11.6 Å². The molecule has 3 aromatic rings. The molecule has 8 heteroatoms. The molecular weight excluding hydrogens is 402 g/mol. The van der Waals surface area contributed by atoms with Gasteiger partial charge < -0.3 is 4.90 Å². The highest BCUT2D eigenvalue weighted by Crippen LogP contribution is 2.37. The van der Waals surface area contributed by atoms with E-state index in [1.165, 1.54) is 35.2 Å². The summed E-state index contributed by atoms with van der Waals surface area (Å²) in [6.45, 7) is 2.09. The summed E-state index contributed by atoms with van der Waals surface area (Å²) in [4.78, 5) is 14.5. The molecule has 1 atom stereocenters. The Morgan fingerprint density at radius 1 is 1.17 bits per heavy atom. The number of aryl methyl sites for hydroxylation is 1. The highest BCUT2D eigenvalue weighted by atomic mass is 35.5. The van der Waals surface area contributed by atoms with Crippen molar-refractivity contribution in [1.82, 2.24) is 14.7 Å². The average Bonchev–Trinajstić information content (AvgIpc) is 2.98. The highest BCUT2D eigenvalue weighted by molar-refractivity contribution is 6.33. The van der Waals surface area contributed by atoms with Gasteiger partial charge in [-0.2, -0.15) is 5.10 Å². The number of carbonyl (C=O) groups excluding carboxylic acids is 1. The van der Waals surface area contributed by atoms with Crippen LogP contribution in [-0.2, 0) is 13.5 Å². The van der Waals surface area contributed by atoms with Crippen LogP contribution in [0.5, 0.6) is 0 Å². The molecule has 150 valence electrons. The molecule has 2 aromatic carbocycles. The van der Waals surface area contributed by atoms with Crippen LogP contribution in [0.3, 0.4) is 0 Å². The van der Waals surface area contributed by atoms with Gasteiger partial charge in [0, 0.05) is 30.8 Å². The number of hydrogen-bond acceptors (Lipinski definition) is 2. The first-order valence-electron chi connectivity index (χ1n) is 9.05. The summed E-state index contributed by atoms with van der Waals surface area (Å²) >= 11 is 6.05. The summed E-state index contributed by atoms with van der Waals surface area (Å²) in [5.41, 5.74) is 2.23. The molecule has 0 saturated carbocycles. The lowest BCUT2D eigenvalue weighted by molar-refractivity contribution is 0.0669. The van der Waals surface area contributed by atoms with E-state index < -0.39 is 29.4 Å². The zero-order valence-electron chi connectivity index (χ0n) is 15.7. The van der Waals surface area contributed by atoms with Crippen molar-refractivity contribution in [2.45, 2.75) is 19.4 Å². The summed E-state index contributed by atoms with van der Waals surface area (Å²) in [5.74, 6) is -2.55. The van der Waals surface area contributed by atoms with Crippen LogP contribution in [0.25, 0.3) is 11.3 Å². The van der Waals surface area contributed by atoms with Crippen LogP contribution in [0.1, 0.15) is 34.6 Å². The Labute approximate surface area is 170 Å². The smallest absolute Gasteiger partial charge is 0.258 e. The Balaban J connectivity index is 1.74. The fourth-order valence-electron chi connectivity index (χ4n) is 3.92. The summed E-state index contributed by atoms with van der Waals surface area (Å²) in [6, 6.07) is 6.96. The number of nitrogens with zero attached hydrogens (tertiary/aromatic N) is 3. The number of fused-ring (bicyclic) bond motifs is 1. The summed E-state index contributed by atoms with van der Waals surface area (Å²) in [7, 11) is 1.68. The summed E-state index contributed by atoms with van der Waals surface area (Å²) < 4.78 is 43.2. The molecule has 1 amide bonds. The monoisotopic (exact) mass is 418 g/mol. The Kier molecular flexibility index (Phi) is 4.86. The van der Waals surface area contributed by atoms with Gasteiger partial charge in [-0.05, 0) is 37.6 Å². The molecular formula is C21H17ClF3N3O. The van der Waals surface area contributed by atoms with Gasteiger partial charge in [-0.1, -0.05) is 17.7 Å². The highest BCUT2D eigenvalue weighted by Gasteiger charge is 2.35. The number of amides is 1. The third-order valence-corrected chi connectivity index (χ3v) is 5.53. The maximum Gasteiger partial charge on any atom is 0.258 e. The maximum absolute atomic E-state index is 14.2. The van der Waals surface area contributed by atoms with Gasteiger partial charge in [-0.3, -0.25) is 9.48 Å². The van der Waals surface area contributed by atoms with Gasteiger partial charge in [0.05, 0.1) is 28.0 Å². The molecule has 4 rings (SSSR count). The predicted molar refractivity (Wildman–Crippen MR) is 103 cm³/mol. The second-order valence-corrected chi connectivity index (χ2v) is 7.42. The fourth-order valence-corrected chi connectivity index (χ4v) is 4.16. The fraction of sp³-hybridized carbons (Fsp3) is 0.238. The standard InChI is InChI=1S/C21H17ClF3N3O/c1-11-19-15(20(27(2)26-19)12-8-13(23)10-14(24)9-12)6-7-28(11)21(29)18-16(22)4-3-5-17(18)25/h3-5,8-11H,6-7H2,1-2H3/t11-/m0/s1/i25-1. The maximum atomic E-state index is 14.2. The molecule has 0 saturated heterocycles. The third-order valence-electron chi connectivity index (χ3n) is 5.22. The molecule has 0 radical (unpaired) electrons. The first kappa shape index (κ1) is 19.5. The van der Waals surface area contributed by atoms with Crippen LogP contribution in [-0.4, -0.2) is 27.1 Å². The van der Waals surface area contributed by atoms with Crippen molar-refractivity contribution < 1.29 is 18.0 Å². The van der Waals surface area contributed by atoms with Crippen LogP contribution in [0.15, 0.2) is 36.4 Å². The van der Waals surface area contributed by atoms with Crippen molar-refractivity contribution in [1.29, 1.82) is 0 Å². The largest absolute Gasteiger partial charge is 0.330 e. The molecule has 4 nitrogen and oxygen atoms in total. The number of halogens is 4. The minimum Gasteiger partial charge on any atom is -0.330 e. The Morgan fingerprint density at radius 2 is 1.86 bits per heavy atom. The Morgan fingerprint density at radius 3 is 2.52 bits per heavy atom. The summed E-state index contributed by atoms with van der Waals surface area (Å²) in [6.07, 6.45) is 0.415. The molecule has 0 bridgehead atoms. The third kappa shape index (κ3) is 3.29. The van der Waals surface area contributed by atoms with Gasteiger partial charge in [-0.15, -0.1) is 0 Å². The lowest BCUT2D eigenvalue weighted by atomic mass is 9.95. The van der Waals surface area contributed by atoms with Crippen molar-refractivity contribution in [3.8, 4) is 11.3 Å². The first-order valence-corrected chi connectivity index (χ1v) is 9.43. The normalized spacial score (nSPS) is 16.1. The number of benzene rings is 2. The van der Waals surface area contributed by atoms with Crippen molar-refractivity contribution in [2.75, 3.05) is 6.54 Å². The van der Waals surface area contributed by atoms with Crippen molar-refractivity contribution in [2.24, 2.45) is 7.05 Å². The van der Waals surface area contributed by atoms with E-state index in [0.29, 0.717) is 29.9 Å². The van der Waals surface area contributed by atoms with E-state index in [1.54, 1.807) is 18.7 Å². The second-order valence-electron chi connectivity index (χ2n) is 7.02. The number of rotatable bonds is 2. The zero-order valence-corrected chi connectivity index (χ0v) is 16.5. The van der Waals surface area contributed by atoms with Gasteiger partial charge in [-0.25, -0.2) is 13.2 Å². The second kappa shape index (κ2) is 7.22. The molecule has 1 aliphatic rings. The van der Waals surface area contributed by atoms with E-state index in [-0.39, 0.29) is 10.6 Å².